The second kappa shape index (κ2) is 7.17. The van der Waals surface area contributed by atoms with Crippen LogP contribution in [-0.4, -0.2) is 47.4 Å². The second-order valence-electron chi connectivity index (χ2n) is 5.42. The van der Waals surface area contributed by atoms with Crippen LogP contribution < -0.4 is 5.32 Å². The van der Waals surface area contributed by atoms with Crippen molar-refractivity contribution in [1.82, 2.24) is 10.2 Å². The van der Waals surface area contributed by atoms with Crippen molar-refractivity contribution in [2.24, 2.45) is 5.92 Å². The summed E-state index contributed by atoms with van der Waals surface area (Å²) in [4.78, 5) is 25.7. The highest BCUT2D eigenvalue weighted by atomic mass is 32.2. The lowest BCUT2D eigenvalue weighted by Gasteiger charge is -2.27. The summed E-state index contributed by atoms with van der Waals surface area (Å²) < 4.78 is 0. The Labute approximate surface area is 119 Å². The van der Waals surface area contributed by atoms with Crippen LogP contribution in [-0.2, 0) is 9.59 Å². The van der Waals surface area contributed by atoms with Crippen LogP contribution in [0.5, 0.6) is 0 Å². The van der Waals surface area contributed by atoms with Crippen LogP contribution in [0.4, 0.5) is 0 Å². The van der Waals surface area contributed by atoms with Crippen LogP contribution in [0.25, 0.3) is 0 Å². The maximum atomic E-state index is 12.2. The molecular weight excluding hydrogens is 260 g/mol. The van der Waals surface area contributed by atoms with Gasteiger partial charge in [0.15, 0.2) is 0 Å². The summed E-state index contributed by atoms with van der Waals surface area (Å²) in [5.41, 5.74) is 0. The molecule has 2 amide bonds. The molecule has 2 aliphatic heterocycles. The maximum absolute atomic E-state index is 12.2. The Balaban J connectivity index is 1.81. The Morgan fingerprint density at radius 3 is 2.79 bits per heavy atom. The Hall–Kier alpha value is -0.710. The fraction of sp³-hybridized carbons (Fsp3) is 0.857. The van der Waals surface area contributed by atoms with Gasteiger partial charge < -0.3 is 10.2 Å². The number of hydrogen-bond acceptors (Lipinski definition) is 3. The number of amides is 2. The zero-order valence-electron chi connectivity index (χ0n) is 11.7. The van der Waals surface area contributed by atoms with Gasteiger partial charge in [0, 0.05) is 19.5 Å². The first kappa shape index (κ1) is 14.7. The van der Waals surface area contributed by atoms with Crippen molar-refractivity contribution < 1.29 is 9.59 Å². The Morgan fingerprint density at radius 2 is 2.21 bits per heavy atom. The predicted molar refractivity (Wildman–Crippen MR) is 78.1 cm³/mol. The zero-order chi connectivity index (χ0) is 13.7. The highest BCUT2D eigenvalue weighted by molar-refractivity contribution is 7.99. The van der Waals surface area contributed by atoms with Gasteiger partial charge in [-0.15, -0.1) is 0 Å². The summed E-state index contributed by atoms with van der Waals surface area (Å²) in [6.45, 7) is 3.50. The molecule has 2 heterocycles. The van der Waals surface area contributed by atoms with Crippen LogP contribution in [0.2, 0.25) is 0 Å². The molecule has 2 aliphatic rings. The van der Waals surface area contributed by atoms with E-state index in [-0.39, 0.29) is 17.9 Å². The number of rotatable bonds is 5. The Morgan fingerprint density at radius 1 is 1.47 bits per heavy atom. The van der Waals surface area contributed by atoms with E-state index in [0.29, 0.717) is 18.8 Å². The third-order valence-corrected chi connectivity index (χ3v) is 5.13. The van der Waals surface area contributed by atoms with E-state index in [4.69, 9.17) is 0 Å². The number of nitrogens with zero attached hydrogens (tertiary/aromatic N) is 1. The molecule has 19 heavy (non-hydrogen) atoms. The molecule has 2 rings (SSSR count). The van der Waals surface area contributed by atoms with Crippen molar-refractivity contribution >= 4 is 23.6 Å². The molecule has 1 N–H and O–H groups in total. The summed E-state index contributed by atoms with van der Waals surface area (Å²) in [6.07, 6.45) is 4.60. The largest absolute Gasteiger partial charge is 0.354 e. The van der Waals surface area contributed by atoms with Gasteiger partial charge >= 0.3 is 0 Å². The molecule has 108 valence electrons. The van der Waals surface area contributed by atoms with Gasteiger partial charge in [0.05, 0.1) is 0 Å². The summed E-state index contributed by atoms with van der Waals surface area (Å²) >= 11 is 2.00. The van der Waals surface area contributed by atoms with Gasteiger partial charge in [0.1, 0.15) is 6.04 Å². The molecule has 4 nitrogen and oxygen atoms in total. The first-order valence-electron chi connectivity index (χ1n) is 7.37. The summed E-state index contributed by atoms with van der Waals surface area (Å²) in [7, 11) is 0. The lowest BCUT2D eigenvalue weighted by atomic mass is 10.0. The average Bonchev–Trinajstić information content (AvgIpc) is 2.85. The topological polar surface area (TPSA) is 49.4 Å². The van der Waals surface area contributed by atoms with E-state index in [1.54, 1.807) is 4.90 Å². The molecule has 1 atom stereocenters. The predicted octanol–water partition coefficient (Wildman–Crippen LogP) is 1.65. The van der Waals surface area contributed by atoms with Crippen LogP contribution in [0, 0.1) is 5.92 Å². The average molecular weight is 284 g/mol. The molecule has 2 saturated heterocycles. The minimum absolute atomic E-state index is 0.0379. The van der Waals surface area contributed by atoms with Gasteiger partial charge in [0.25, 0.3) is 0 Å². The van der Waals surface area contributed by atoms with Crippen molar-refractivity contribution in [3.63, 3.8) is 0 Å². The van der Waals surface area contributed by atoms with E-state index in [1.165, 1.54) is 24.3 Å². The first-order chi connectivity index (χ1) is 9.22. The normalized spacial score (nSPS) is 22.6. The van der Waals surface area contributed by atoms with Gasteiger partial charge in [-0.2, -0.15) is 11.8 Å². The van der Waals surface area contributed by atoms with E-state index in [1.807, 2.05) is 18.7 Å². The second-order valence-corrected chi connectivity index (χ2v) is 6.64. The lowest BCUT2D eigenvalue weighted by molar-refractivity contribution is -0.137. The summed E-state index contributed by atoms with van der Waals surface area (Å²) in [5.74, 6) is 3.22. The Bertz CT molecular complexity index is 329. The van der Waals surface area contributed by atoms with Gasteiger partial charge in [-0.05, 0) is 43.1 Å². The highest BCUT2D eigenvalue weighted by Gasteiger charge is 2.31. The number of nitrogens with one attached hydrogen (secondary N) is 1. The van der Waals surface area contributed by atoms with Crippen molar-refractivity contribution in [2.45, 2.75) is 45.1 Å². The lowest BCUT2D eigenvalue weighted by Crippen LogP contribution is -2.48. The van der Waals surface area contributed by atoms with Crippen molar-refractivity contribution in [1.29, 1.82) is 0 Å². The third-order valence-electron chi connectivity index (χ3n) is 4.08. The van der Waals surface area contributed by atoms with E-state index in [0.717, 1.165) is 19.5 Å². The number of likely N-dealkylation sites (tertiary alicyclic amines) is 1. The molecular formula is C14H24N2O2S. The summed E-state index contributed by atoms with van der Waals surface area (Å²) in [5, 5.41) is 3.06. The molecule has 0 aromatic heterocycles. The van der Waals surface area contributed by atoms with Crippen LogP contribution >= 0.6 is 11.8 Å². The van der Waals surface area contributed by atoms with Gasteiger partial charge in [-0.3, -0.25) is 9.59 Å². The van der Waals surface area contributed by atoms with Gasteiger partial charge in [0.2, 0.25) is 11.8 Å². The fourth-order valence-corrected chi connectivity index (χ4v) is 4.06. The third kappa shape index (κ3) is 3.88. The van der Waals surface area contributed by atoms with Crippen LogP contribution in [0.1, 0.15) is 39.0 Å². The number of hydrogen-bond donors (Lipinski definition) is 1. The highest BCUT2D eigenvalue weighted by Crippen LogP contribution is 2.22. The van der Waals surface area contributed by atoms with E-state index < -0.39 is 0 Å². The zero-order valence-corrected chi connectivity index (χ0v) is 12.5. The standard InChI is InChI=1S/C14H24N2O2S/c1-2-12(16-7-3-4-13(16)17)14(18)15-10-11-5-8-19-9-6-11/h11-12H,2-10H2,1H3,(H,15,18). The minimum atomic E-state index is -0.257. The van der Waals surface area contributed by atoms with Gasteiger partial charge in [-0.25, -0.2) is 0 Å². The van der Waals surface area contributed by atoms with Crippen LogP contribution in [0.15, 0.2) is 0 Å². The van der Waals surface area contributed by atoms with E-state index >= 15 is 0 Å². The quantitative estimate of drug-likeness (QED) is 0.835. The van der Waals surface area contributed by atoms with Crippen molar-refractivity contribution in [3.05, 3.63) is 0 Å². The first-order valence-corrected chi connectivity index (χ1v) is 8.52. The molecule has 0 aromatic carbocycles. The number of carbonyl (C=O) groups is 2. The number of carbonyl (C=O) groups excluding carboxylic acids is 2. The molecule has 0 spiro atoms. The van der Waals surface area contributed by atoms with E-state index in [2.05, 4.69) is 5.32 Å². The van der Waals surface area contributed by atoms with Crippen molar-refractivity contribution in [2.75, 3.05) is 24.6 Å². The maximum Gasteiger partial charge on any atom is 0.242 e. The fourth-order valence-electron chi connectivity index (χ4n) is 2.86. The molecule has 1 unspecified atom stereocenters. The molecule has 2 fully saturated rings. The Kier molecular flexibility index (Phi) is 5.55. The molecule has 0 bridgehead atoms. The molecule has 5 heteroatoms. The van der Waals surface area contributed by atoms with Crippen LogP contribution in [0.3, 0.4) is 0 Å². The molecule has 0 aliphatic carbocycles. The molecule has 0 aromatic rings. The SMILES string of the molecule is CCC(C(=O)NCC1CCSCC1)N1CCCC1=O. The van der Waals surface area contributed by atoms with Crippen molar-refractivity contribution in [3.8, 4) is 0 Å². The minimum Gasteiger partial charge on any atom is -0.354 e. The van der Waals surface area contributed by atoms with Gasteiger partial charge in [-0.1, -0.05) is 6.92 Å². The molecule has 0 saturated carbocycles. The smallest absolute Gasteiger partial charge is 0.242 e. The summed E-state index contributed by atoms with van der Waals surface area (Å²) in [6, 6.07) is -0.257. The molecule has 0 radical (unpaired) electrons. The monoisotopic (exact) mass is 284 g/mol. The number of thioether (sulfide) groups is 1. The van der Waals surface area contributed by atoms with E-state index in [9.17, 15) is 9.59 Å².